The highest BCUT2D eigenvalue weighted by atomic mass is 19.4. The highest BCUT2D eigenvalue weighted by Crippen LogP contribution is 2.37. The van der Waals surface area contributed by atoms with Gasteiger partial charge in [0.15, 0.2) is 0 Å². The van der Waals surface area contributed by atoms with Crippen molar-refractivity contribution < 1.29 is 18.3 Å². The number of likely N-dealkylation sites (tertiary alicyclic amines) is 1. The summed E-state index contributed by atoms with van der Waals surface area (Å²) >= 11 is 0. The molecule has 9 heteroatoms. The zero-order valence-electron chi connectivity index (χ0n) is 18.2. The Labute approximate surface area is 186 Å². The number of hydrogen-bond acceptors (Lipinski definition) is 6. The van der Waals surface area contributed by atoms with Crippen LogP contribution in [0.1, 0.15) is 42.9 Å². The molecule has 32 heavy (non-hydrogen) atoms. The molecule has 3 heterocycles. The quantitative estimate of drug-likeness (QED) is 0.696. The summed E-state index contributed by atoms with van der Waals surface area (Å²) < 4.78 is 38.9. The maximum absolute atomic E-state index is 13.0. The van der Waals surface area contributed by atoms with Crippen LogP contribution in [-0.4, -0.2) is 59.3 Å². The van der Waals surface area contributed by atoms with Crippen molar-refractivity contribution in [2.24, 2.45) is 5.92 Å². The van der Waals surface area contributed by atoms with E-state index in [0.29, 0.717) is 6.54 Å². The van der Waals surface area contributed by atoms with Crippen molar-refractivity contribution in [1.82, 2.24) is 14.9 Å². The molecule has 2 aliphatic rings. The van der Waals surface area contributed by atoms with E-state index in [2.05, 4.69) is 25.1 Å². The normalized spacial score (nSPS) is 24.7. The molecular formula is C23H30F3N5O. The number of hydrogen-bond donors (Lipinski definition) is 2. The lowest BCUT2D eigenvalue weighted by molar-refractivity contribution is -0.137. The molecule has 3 unspecified atom stereocenters. The molecular weight excluding hydrogens is 419 g/mol. The lowest BCUT2D eigenvalue weighted by Crippen LogP contribution is -2.39. The second-order valence-corrected chi connectivity index (χ2v) is 8.76. The Morgan fingerprint density at radius 3 is 2.56 bits per heavy atom. The highest BCUT2D eigenvalue weighted by Gasteiger charge is 2.33. The van der Waals surface area contributed by atoms with Gasteiger partial charge >= 0.3 is 6.18 Å². The van der Waals surface area contributed by atoms with Crippen LogP contribution < -0.4 is 10.2 Å². The van der Waals surface area contributed by atoms with Crippen molar-refractivity contribution in [2.45, 2.75) is 43.9 Å². The van der Waals surface area contributed by atoms with E-state index in [9.17, 15) is 18.3 Å². The van der Waals surface area contributed by atoms with Gasteiger partial charge in [0.25, 0.3) is 0 Å². The number of nitrogens with zero attached hydrogens (tertiary/aromatic N) is 4. The van der Waals surface area contributed by atoms with Gasteiger partial charge in [0.2, 0.25) is 0 Å². The molecule has 3 atom stereocenters. The van der Waals surface area contributed by atoms with Crippen molar-refractivity contribution in [1.29, 1.82) is 0 Å². The first-order valence-corrected chi connectivity index (χ1v) is 11.2. The summed E-state index contributed by atoms with van der Waals surface area (Å²) in [6.07, 6.45) is 1.21. The summed E-state index contributed by atoms with van der Waals surface area (Å²) in [6.45, 7) is 2.55. The number of nitrogens with one attached hydrogen (secondary N) is 1. The first-order valence-electron chi connectivity index (χ1n) is 11.2. The van der Waals surface area contributed by atoms with E-state index in [-0.39, 0.29) is 24.6 Å². The summed E-state index contributed by atoms with van der Waals surface area (Å²) in [5.41, 5.74) is 0.282. The molecule has 1 aromatic heterocycles. The highest BCUT2D eigenvalue weighted by molar-refractivity contribution is 5.50. The third kappa shape index (κ3) is 4.99. The molecule has 1 aromatic carbocycles. The molecule has 2 aliphatic heterocycles. The second-order valence-electron chi connectivity index (χ2n) is 8.76. The van der Waals surface area contributed by atoms with Gasteiger partial charge in [-0.05, 0) is 62.9 Å². The summed E-state index contributed by atoms with van der Waals surface area (Å²) in [4.78, 5) is 13.1. The zero-order valence-corrected chi connectivity index (χ0v) is 18.2. The number of rotatable bonds is 6. The summed E-state index contributed by atoms with van der Waals surface area (Å²) in [6, 6.07) is 7.60. The fraction of sp³-hybridized carbons (Fsp3) is 0.565. The van der Waals surface area contributed by atoms with Crippen LogP contribution in [0.3, 0.4) is 0 Å². The molecule has 2 fully saturated rings. The predicted molar refractivity (Wildman–Crippen MR) is 118 cm³/mol. The Hall–Kier alpha value is -2.39. The minimum absolute atomic E-state index is 0.0391. The van der Waals surface area contributed by atoms with Gasteiger partial charge in [-0.25, -0.2) is 9.97 Å². The van der Waals surface area contributed by atoms with Crippen LogP contribution in [0.25, 0.3) is 0 Å². The summed E-state index contributed by atoms with van der Waals surface area (Å²) in [7, 11) is 2.03. The Kier molecular flexibility index (Phi) is 6.85. The Bertz CT molecular complexity index is 892. The van der Waals surface area contributed by atoms with E-state index in [1.165, 1.54) is 18.5 Å². The van der Waals surface area contributed by atoms with Gasteiger partial charge in [-0.15, -0.1) is 0 Å². The lowest BCUT2D eigenvalue weighted by atomic mass is 9.84. The minimum atomic E-state index is -4.33. The molecule has 0 bridgehead atoms. The largest absolute Gasteiger partial charge is 0.416 e. The summed E-state index contributed by atoms with van der Waals surface area (Å²) in [5.74, 6) is 1.76. The topological polar surface area (TPSA) is 64.5 Å². The number of anilines is 2. The molecule has 0 radical (unpaired) electrons. The van der Waals surface area contributed by atoms with Crippen molar-refractivity contribution in [3.8, 4) is 0 Å². The third-order valence-corrected chi connectivity index (χ3v) is 6.67. The van der Waals surface area contributed by atoms with Crippen LogP contribution in [-0.2, 0) is 6.18 Å². The van der Waals surface area contributed by atoms with E-state index in [4.69, 9.17) is 0 Å². The molecule has 0 spiro atoms. The number of benzene rings is 1. The standard InChI is InChI=1S/C23H30F3N5O/c1-30-10-2-4-17(22(30)16-6-8-18(9-7-16)23(24,25)26)13-27-20-12-21(29-15-28-20)31-11-3-5-19(31)14-32/h6-9,12,15,17,19,22,32H,2-5,10-11,13-14H2,1H3,(H,27,28,29). The number of alkyl halides is 3. The molecule has 0 amide bonds. The molecule has 4 rings (SSSR count). The average Bonchev–Trinajstić information content (AvgIpc) is 3.26. The fourth-order valence-corrected chi connectivity index (χ4v) is 5.03. The van der Waals surface area contributed by atoms with Crippen LogP contribution in [0.15, 0.2) is 36.7 Å². The monoisotopic (exact) mass is 449 g/mol. The molecule has 0 saturated carbocycles. The SMILES string of the molecule is CN1CCCC(CNc2cc(N3CCCC3CO)ncn2)C1c1ccc(C(F)(F)F)cc1. The third-order valence-electron chi connectivity index (χ3n) is 6.67. The minimum Gasteiger partial charge on any atom is -0.394 e. The van der Waals surface area contributed by atoms with E-state index in [0.717, 1.165) is 56.0 Å². The first-order chi connectivity index (χ1) is 15.4. The fourth-order valence-electron chi connectivity index (χ4n) is 5.03. The van der Waals surface area contributed by atoms with Crippen molar-refractivity contribution in [3.05, 3.63) is 47.8 Å². The number of piperidine rings is 1. The number of aliphatic hydroxyl groups excluding tert-OH is 1. The van der Waals surface area contributed by atoms with Crippen LogP contribution in [0.5, 0.6) is 0 Å². The van der Waals surface area contributed by atoms with E-state index < -0.39 is 11.7 Å². The van der Waals surface area contributed by atoms with E-state index in [1.807, 2.05) is 13.1 Å². The Morgan fingerprint density at radius 2 is 1.84 bits per heavy atom. The van der Waals surface area contributed by atoms with Crippen LogP contribution in [0, 0.1) is 5.92 Å². The number of aromatic nitrogens is 2. The van der Waals surface area contributed by atoms with Gasteiger partial charge in [0.05, 0.1) is 18.2 Å². The Morgan fingerprint density at radius 1 is 1.09 bits per heavy atom. The van der Waals surface area contributed by atoms with Crippen molar-refractivity contribution in [2.75, 3.05) is 43.5 Å². The molecule has 2 saturated heterocycles. The molecule has 174 valence electrons. The van der Waals surface area contributed by atoms with Gasteiger partial charge in [-0.1, -0.05) is 12.1 Å². The molecule has 2 N–H and O–H groups in total. The maximum atomic E-state index is 13.0. The van der Waals surface area contributed by atoms with Crippen molar-refractivity contribution >= 4 is 11.6 Å². The molecule has 6 nitrogen and oxygen atoms in total. The van der Waals surface area contributed by atoms with Gasteiger partial charge in [0, 0.05) is 25.2 Å². The van der Waals surface area contributed by atoms with Crippen LogP contribution in [0.2, 0.25) is 0 Å². The maximum Gasteiger partial charge on any atom is 0.416 e. The average molecular weight is 450 g/mol. The zero-order chi connectivity index (χ0) is 22.7. The first kappa shape index (κ1) is 22.8. The van der Waals surface area contributed by atoms with Crippen LogP contribution >= 0.6 is 0 Å². The van der Waals surface area contributed by atoms with Crippen molar-refractivity contribution in [3.63, 3.8) is 0 Å². The predicted octanol–water partition coefficient (Wildman–Crippen LogP) is 3.95. The second kappa shape index (κ2) is 9.62. The van der Waals surface area contributed by atoms with Crippen LogP contribution in [0.4, 0.5) is 24.8 Å². The smallest absolute Gasteiger partial charge is 0.394 e. The molecule has 2 aromatic rings. The van der Waals surface area contributed by atoms with E-state index in [1.54, 1.807) is 12.1 Å². The summed E-state index contributed by atoms with van der Waals surface area (Å²) in [5, 5.41) is 13.0. The van der Waals surface area contributed by atoms with Gasteiger partial charge < -0.3 is 15.3 Å². The number of aliphatic hydroxyl groups is 1. The van der Waals surface area contributed by atoms with E-state index >= 15 is 0 Å². The van der Waals surface area contributed by atoms with Gasteiger partial charge in [-0.2, -0.15) is 13.2 Å². The van der Waals surface area contributed by atoms with Gasteiger partial charge in [0.1, 0.15) is 18.0 Å². The lowest BCUT2D eigenvalue weighted by Gasteiger charge is -2.40. The Balaban J connectivity index is 1.46. The number of halogens is 3. The van der Waals surface area contributed by atoms with Gasteiger partial charge in [-0.3, -0.25) is 4.90 Å². The molecule has 0 aliphatic carbocycles.